The van der Waals surface area contributed by atoms with Gasteiger partial charge in [0.2, 0.25) is 0 Å². The highest BCUT2D eigenvalue weighted by atomic mass is 32.2. The maximum atomic E-state index is 14.9. The zero-order chi connectivity index (χ0) is 21.3. The Hall–Kier alpha value is -3.03. The zero-order valence-corrected chi connectivity index (χ0v) is 16.5. The number of rotatable bonds is 4. The van der Waals surface area contributed by atoms with Gasteiger partial charge in [0.1, 0.15) is 29.8 Å². The number of halogens is 2. The molecule has 0 saturated carbocycles. The smallest absolute Gasteiger partial charge is 0.274 e. The van der Waals surface area contributed by atoms with Gasteiger partial charge < -0.3 is 15.8 Å². The number of nitriles is 1. The molecule has 7 nitrogen and oxygen atoms in total. The molecule has 3 atom stereocenters. The minimum atomic E-state index is -1.15. The number of fused-ring (bicyclic) bond motifs is 1. The normalized spacial score (nSPS) is 25.2. The number of alkyl halides is 1. The number of nitrogens with zero attached hydrogens (tertiary/aromatic N) is 3. The number of hydrogen-bond acceptors (Lipinski definition) is 7. The van der Waals surface area contributed by atoms with Crippen LogP contribution < -0.4 is 11.1 Å². The number of thioether (sulfide) groups is 1. The first-order chi connectivity index (χ1) is 14.5. The third-order valence-electron chi connectivity index (χ3n) is 5.27. The third-order valence-corrected chi connectivity index (χ3v) is 6.18. The van der Waals surface area contributed by atoms with Crippen molar-refractivity contribution in [2.24, 2.45) is 16.6 Å². The Bertz CT molecular complexity index is 1060. The summed E-state index contributed by atoms with van der Waals surface area (Å²) in [4.78, 5) is 20.9. The monoisotopic (exact) mass is 429 g/mol. The molecule has 1 aromatic carbocycles. The summed E-state index contributed by atoms with van der Waals surface area (Å²) >= 11 is 1.29. The molecule has 3 N–H and O–H groups in total. The van der Waals surface area contributed by atoms with Crippen LogP contribution in [0, 0.1) is 23.1 Å². The Kier molecular flexibility index (Phi) is 5.40. The standard InChI is InChI=1S/C20H17F2N5O2S/c21-6-17-14-9-30-19(24)27-20(14,10-29-17)13-5-12(2-3-15(13)22)26-18(28)16-4-1-11(7-23)8-25-16/h1-5,8,14,17H,6,9-10H2,(H2,24,27)(H,26,28)/t14-,17-,20-/m1/s1. The van der Waals surface area contributed by atoms with Crippen LogP contribution >= 0.6 is 11.8 Å². The van der Waals surface area contributed by atoms with Crippen LogP contribution in [0.15, 0.2) is 41.5 Å². The largest absolute Gasteiger partial charge is 0.379 e. The summed E-state index contributed by atoms with van der Waals surface area (Å²) in [6.07, 6.45) is 0.591. The quantitative estimate of drug-likeness (QED) is 0.772. The maximum Gasteiger partial charge on any atom is 0.274 e. The average Bonchev–Trinajstić information content (AvgIpc) is 3.13. The van der Waals surface area contributed by atoms with Crippen LogP contribution in [0.4, 0.5) is 14.5 Å². The van der Waals surface area contributed by atoms with E-state index in [1.807, 2.05) is 6.07 Å². The van der Waals surface area contributed by atoms with Crippen LogP contribution in [-0.4, -0.2) is 41.2 Å². The summed E-state index contributed by atoms with van der Waals surface area (Å²) < 4.78 is 33.9. The first kappa shape index (κ1) is 20.3. The van der Waals surface area contributed by atoms with E-state index in [1.165, 1.54) is 48.3 Å². The van der Waals surface area contributed by atoms with E-state index in [-0.39, 0.29) is 28.9 Å². The molecule has 1 aromatic heterocycles. The van der Waals surface area contributed by atoms with Crippen molar-refractivity contribution in [1.82, 2.24) is 4.98 Å². The number of aliphatic imine (C=N–C) groups is 1. The van der Waals surface area contributed by atoms with Gasteiger partial charge in [-0.25, -0.2) is 18.8 Å². The molecule has 1 amide bonds. The minimum absolute atomic E-state index is 0.000982. The number of pyridine rings is 1. The highest BCUT2D eigenvalue weighted by Crippen LogP contribution is 2.48. The number of carbonyl (C=O) groups is 1. The molecule has 30 heavy (non-hydrogen) atoms. The van der Waals surface area contributed by atoms with Gasteiger partial charge in [-0.3, -0.25) is 4.79 Å². The molecule has 2 aliphatic heterocycles. The number of hydrogen-bond donors (Lipinski definition) is 2. The lowest BCUT2D eigenvalue weighted by molar-refractivity contribution is 0.0721. The third kappa shape index (κ3) is 3.51. The number of nitrogens with two attached hydrogens (primary N) is 1. The van der Waals surface area contributed by atoms with Crippen molar-refractivity contribution in [3.8, 4) is 6.07 Å². The lowest BCUT2D eigenvalue weighted by Gasteiger charge is -2.35. The Morgan fingerprint density at radius 3 is 2.97 bits per heavy atom. The summed E-state index contributed by atoms with van der Waals surface area (Å²) in [6, 6.07) is 8.94. The fraction of sp³-hybridized carbons (Fsp3) is 0.300. The summed E-state index contributed by atoms with van der Waals surface area (Å²) in [7, 11) is 0. The second-order valence-electron chi connectivity index (χ2n) is 6.99. The van der Waals surface area contributed by atoms with Gasteiger partial charge in [-0.2, -0.15) is 5.26 Å². The van der Waals surface area contributed by atoms with Gasteiger partial charge in [0.05, 0.1) is 18.3 Å². The zero-order valence-electron chi connectivity index (χ0n) is 15.6. The van der Waals surface area contributed by atoms with Crippen molar-refractivity contribution in [3.63, 3.8) is 0 Å². The van der Waals surface area contributed by atoms with Crippen LogP contribution in [0.1, 0.15) is 21.6 Å². The van der Waals surface area contributed by atoms with Gasteiger partial charge in [0.15, 0.2) is 5.17 Å². The van der Waals surface area contributed by atoms with Crippen LogP contribution in [0.2, 0.25) is 0 Å². The van der Waals surface area contributed by atoms with Crippen LogP contribution in [0.3, 0.4) is 0 Å². The molecule has 0 aliphatic carbocycles. The van der Waals surface area contributed by atoms with Gasteiger partial charge >= 0.3 is 0 Å². The van der Waals surface area contributed by atoms with E-state index in [1.54, 1.807) is 0 Å². The number of aromatic nitrogens is 1. The molecule has 0 unspecified atom stereocenters. The molecule has 0 bridgehead atoms. The van der Waals surface area contributed by atoms with E-state index in [2.05, 4.69) is 15.3 Å². The van der Waals surface area contributed by atoms with Gasteiger partial charge in [0.25, 0.3) is 5.91 Å². The summed E-state index contributed by atoms with van der Waals surface area (Å²) in [5.74, 6) is -0.992. The highest BCUT2D eigenvalue weighted by molar-refractivity contribution is 8.13. The first-order valence-corrected chi connectivity index (χ1v) is 10.1. The Morgan fingerprint density at radius 1 is 1.43 bits per heavy atom. The van der Waals surface area contributed by atoms with Crippen molar-refractivity contribution in [2.75, 3.05) is 24.4 Å². The number of carbonyl (C=O) groups excluding carboxylic acids is 1. The lowest BCUT2D eigenvalue weighted by atomic mass is 9.79. The number of amidine groups is 1. The van der Waals surface area contributed by atoms with Crippen molar-refractivity contribution in [1.29, 1.82) is 5.26 Å². The number of benzene rings is 1. The fourth-order valence-corrected chi connectivity index (χ4v) is 4.81. The van der Waals surface area contributed by atoms with Crippen molar-refractivity contribution < 1.29 is 18.3 Å². The lowest BCUT2D eigenvalue weighted by Crippen LogP contribution is -2.42. The topological polar surface area (TPSA) is 113 Å². The van der Waals surface area contributed by atoms with Gasteiger partial charge in [-0.15, -0.1) is 0 Å². The molecule has 3 heterocycles. The van der Waals surface area contributed by atoms with Gasteiger partial charge in [-0.05, 0) is 30.3 Å². The SMILES string of the molecule is N#Cc1ccc(C(=O)Nc2ccc(F)c([C@]34CO[C@H](CF)[C@H]3CSC(N)=N4)c2)nc1. The number of ether oxygens (including phenoxy) is 1. The van der Waals surface area contributed by atoms with Crippen LogP contribution in [-0.2, 0) is 10.3 Å². The predicted molar refractivity (Wildman–Crippen MR) is 108 cm³/mol. The Balaban J connectivity index is 1.67. The molecule has 154 valence electrons. The number of amides is 1. The van der Waals surface area contributed by atoms with E-state index in [9.17, 15) is 13.6 Å². The second kappa shape index (κ2) is 8.01. The minimum Gasteiger partial charge on any atom is -0.379 e. The fourth-order valence-electron chi connectivity index (χ4n) is 3.74. The van der Waals surface area contributed by atoms with E-state index in [0.29, 0.717) is 17.0 Å². The van der Waals surface area contributed by atoms with Crippen LogP contribution in [0.5, 0.6) is 0 Å². The molecule has 1 saturated heterocycles. The Labute approximate surface area is 175 Å². The van der Waals surface area contributed by atoms with Crippen molar-refractivity contribution >= 4 is 28.5 Å². The van der Waals surface area contributed by atoms with E-state index < -0.39 is 30.0 Å². The molecule has 4 rings (SSSR count). The molecule has 2 aliphatic rings. The molecular weight excluding hydrogens is 412 g/mol. The molecule has 0 spiro atoms. The van der Waals surface area contributed by atoms with Gasteiger partial charge in [0, 0.05) is 29.1 Å². The number of nitrogens with one attached hydrogen (secondary N) is 1. The van der Waals surface area contributed by atoms with E-state index >= 15 is 0 Å². The molecular formula is C20H17F2N5O2S. The van der Waals surface area contributed by atoms with Crippen molar-refractivity contribution in [2.45, 2.75) is 11.6 Å². The molecule has 1 fully saturated rings. The van der Waals surface area contributed by atoms with E-state index in [4.69, 9.17) is 15.7 Å². The molecule has 0 radical (unpaired) electrons. The number of anilines is 1. The van der Waals surface area contributed by atoms with Gasteiger partial charge in [-0.1, -0.05) is 11.8 Å². The van der Waals surface area contributed by atoms with E-state index in [0.717, 1.165) is 0 Å². The van der Waals surface area contributed by atoms with Crippen molar-refractivity contribution in [3.05, 3.63) is 59.2 Å². The maximum absolute atomic E-state index is 14.9. The van der Waals surface area contributed by atoms with Crippen LogP contribution in [0.25, 0.3) is 0 Å². The highest BCUT2D eigenvalue weighted by Gasteiger charge is 2.54. The Morgan fingerprint density at radius 2 is 2.27 bits per heavy atom. The summed E-state index contributed by atoms with van der Waals surface area (Å²) in [5, 5.41) is 11.8. The summed E-state index contributed by atoms with van der Waals surface area (Å²) in [6.45, 7) is -0.705. The predicted octanol–water partition coefficient (Wildman–Crippen LogP) is 2.59. The second-order valence-corrected chi connectivity index (χ2v) is 8.03. The molecule has 2 aromatic rings. The summed E-state index contributed by atoms with van der Waals surface area (Å²) in [5.41, 5.74) is 5.71. The first-order valence-electron chi connectivity index (χ1n) is 9.10. The molecule has 10 heteroatoms. The average molecular weight is 429 g/mol.